The van der Waals surface area contributed by atoms with Gasteiger partial charge < -0.3 is 9.47 Å². The van der Waals surface area contributed by atoms with Gasteiger partial charge in [0.25, 0.3) is 11.8 Å². The second-order valence-corrected chi connectivity index (χ2v) is 8.12. The number of barbiturate groups is 1. The summed E-state index contributed by atoms with van der Waals surface area (Å²) in [4.78, 5) is 51.0. The summed E-state index contributed by atoms with van der Waals surface area (Å²) in [7, 11) is 0. The first-order valence-corrected chi connectivity index (χ1v) is 11.4. The van der Waals surface area contributed by atoms with Crippen molar-refractivity contribution < 1.29 is 28.7 Å². The second-order valence-electron chi connectivity index (χ2n) is 7.68. The lowest BCUT2D eigenvalue weighted by Crippen LogP contribution is -2.54. The van der Waals surface area contributed by atoms with Gasteiger partial charge in [-0.1, -0.05) is 41.9 Å². The van der Waals surface area contributed by atoms with E-state index in [0.29, 0.717) is 16.3 Å². The van der Waals surface area contributed by atoms with E-state index in [9.17, 15) is 19.2 Å². The Balaban J connectivity index is 1.60. The van der Waals surface area contributed by atoms with Crippen LogP contribution in [-0.2, 0) is 20.9 Å². The van der Waals surface area contributed by atoms with Crippen LogP contribution in [0.2, 0.25) is 5.02 Å². The maximum atomic E-state index is 13.2. The van der Waals surface area contributed by atoms with Gasteiger partial charge in [0, 0.05) is 10.6 Å². The molecule has 4 rings (SSSR count). The number of carbonyl (C=O) groups excluding carboxylic acids is 4. The smallest absolute Gasteiger partial charge is 0.338 e. The van der Waals surface area contributed by atoms with Crippen LogP contribution in [0.5, 0.6) is 5.75 Å². The molecule has 1 fully saturated rings. The standard InChI is InChI=1S/C27H21ClN2O6/c1-2-35-26(33)18-10-12-21(13-11-18)30-25(32)22(24(31)29-27(30)34)15-19-7-3-4-9-23(19)36-16-17-6-5-8-20(28)14-17/h3-15H,2,16H2,1H3,(H,29,31,34)/b22-15+. The van der Waals surface area contributed by atoms with Crippen LogP contribution < -0.4 is 15.0 Å². The van der Waals surface area contributed by atoms with Crippen LogP contribution in [0.1, 0.15) is 28.4 Å². The van der Waals surface area contributed by atoms with Crippen molar-refractivity contribution in [3.8, 4) is 5.75 Å². The summed E-state index contributed by atoms with van der Waals surface area (Å²) in [5, 5.41) is 2.76. The number of esters is 1. The van der Waals surface area contributed by atoms with Crippen molar-refractivity contribution >= 4 is 47.2 Å². The highest BCUT2D eigenvalue weighted by molar-refractivity contribution is 6.39. The number of hydrogen-bond donors (Lipinski definition) is 1. The minimum Gasteiger partial charge on any atom is -0.488 e. The van der Waals surface area contributed by atoms with Crippen LogP contribution in [0.15, 0.2) is 78.4 Å². The predicted octanol–water partition coefficient (Wildman–Crippen LogP) is 4.76. The van der Waals surface area contributed by atoms with Gasteiger partial charge in [-0.3, -0.25) is 14.9 Å². The van der Waals surface area contributed by atoms with Crippen LogP contribution in [0.25, 0.3) is 6.08 Å². The van der Waals surface area contributed by atoms with E-state index in [1.54, 1.807) is 43.3 Å². The average Bonchev–Trinajstić information content (AvgIpc) is 2.86. The number of halogens is 1. The zero-order chi connectivity index (χ0) is 25.7. The third-order valence-corrected chi connectivity index (χ3v) is 5.48. The fourth-order valence-corrected chi connectivity index (χ4v) is 3.74. The van der Waals surface area contributed by atoms with Crippen LogP contribution in [0.4, 0.5) is 10.5 Å². The van der Waals surface area contributed by atoms with Crippen molar-refractivity contribution in [3.63, 3.8) is 0 Å². The van der Waals surface area contributed by atoms with Crippen LogP contribution in [0.3, 0.4) is 0 Å². The van der Waals surface area contributed by atoms with Crippen molar-refractivity contribution in [3.05, 3.63) is 100 Å². The highest BCUT2D eigenvalue weighted by Gasteiger charge is 2.37. The molecule has 0 radical (unpaired) electrons. The van der Waals surface area contributed by atoms with E-state index in [1.807, 2.05) is 12.1 Å². The topological polar surface area (TPSA) is 102 Å². The number of nitrogens with zero attached hydrogens (tertiary/aromatic N) is 1. The van der Waals surface area contributed by atoms with Crippen molar-refractivity contribution in [1.29, 1.82) is 0 Å². The van der Waals surface area contributed by atoms with E-state index < -0.39 is 23.8 Å². The summed E-state index contributed by atoms with van der Waals surface area (Å²) >= 11 is 6.03. The van der Waals surface area contributed by atoms with Gasteiger partial charge in [0.15, 0.2) is 0 Å². The number of carbonyl (C=O) groups is 4. The van der Waals surface area contributed by atoms with E-state index in [4.69, 9.17) is 21.1 Å². The Morgan fingerprint density at radius 3 is 2.47 bits per heavy atom. The van der Waals surface area contributed by atoms with Gasteiger partial charge in [-0.15, -0.1) is 0 Å². The summed E-state index contributed by atoms with van der Waals surface area (Å²) < 4.78 is 10.9. The molecule has 1 aliphatic heterocycles. The molecule has 0 aliphatic carbocycles. The second kappa shape index (κ2) is 10.9. The molecule has 182 valence electrons. The number of amides is 4. The van der Waals surface area contributed by atoms with E-state index in [0.717, 1.165) is 10.5 Å². The fraction of sp³-hybridized carbons (Fsp3) is 0.111. The third-order valence-electron chi connectivity index (χ3n) is 5.24. The molecule has 0 unspecified atom stereocenters. The molecule has 0 atom stereocenters. The SMILES string of the molecule is CCOC(=O)c1ccc(N2C(=O)NC(=O)/C(=C\c3ccccc3OCc3cccc(Cl)c3)C2=O)cc1. The highest BCUT2D eigenvalue weighted by atomic mass is 35.5. The molecule has 1 saturated heterocycles. The van der Waals surface area contributed by atoms with E-state index in [1.165, 1.54) is 30.3 Å². The molecule has 1 heterocycles. The van der Waals surface area contributed by atoms with Gasteiger partial charge in [0.2, 0.25) is 0 Å². The molecule has 4 amide bonds. The Labute approximate surface area is 212 Å². The maximum Gasteiger partial charge on any atom is 0.338 e. The minimum atomic E-state index is -0.892. The third kappa shape index (κ3) is 5.45. The largest absolute Gasteiger partial charge is 0.488 e. The number of rotatable bonds is 7. The Hall–Kier alpha value is -4.43. The monoisotopic (exact) mass is 504 g/mol. The lowest BCUT2D eigenvalue weighted by atomic mass is 10.1. The summed E-state index contributed by atoms with van der Waals surface area (Å²) in [6, 6.07) is 18.9. The molecule has 1 N–H and O–H groups in total. The lowest BCUT2D eigenvalue weighted by molar-refractivity contribution is -0.122. The summed E-state index contributed by atoms with van der Waals surface area (Å²) in [6.45, 7) is 2.13. The molecule has 0 aromatic heterocycles. The normalized spacial score (nSPS) is 14.6. The van der Waals surface area contributed by atoms with Crippen molar-refractivity contribution in [2.24, 2.45) is 0 Å². The minimum absolute atomic E-state index is 0.189. The average molecular weight is 505 g/mol. The van der Waals surface area contributed by atoms with E-state index in [2.05, 4.69) is 5.32 Å². The molecule has 8 nitrogen and oxygen atoms in total. The first-order valence-electron chi connectivity index (χ1n) is 11.0. The van der Waals surface area contributed by atoms with Gasteiger partial charge in [-0.25, -0.2) is 14.5 Å². The number of urea groups is 1. The van der Waals surface area contributed by atoms with Gasteiger partial charge >= 0.3 is 12.0 Å². The van der Waals surface area contributed by atoms with E-state index >= 15 is 0 Å². The molecule has 3 aromatic rings. The number of ether oxygens (including phenoxy) is 2. The van der Waals surface area contributed by atoms with Crippen molar-refractivity contribution in [1.82, 2.24) is 5.32 Å². The zero-order valence-electron chi connectivity index (χ0n) is 19.2. The first-order chi connectivity index (χ1) is 17.4. The maximum absolute atomic E-state index is 13.2. The van der Waals surface area contributed by atoms with E-state index in [-0.39, 0.29) is 30.0 Å². The quantitative estimate of drug-likeness (QED) is 0.283. The van der Waals surface area contributed by atoms with Gasteiger partial charge in [-0.2, -0.15) is 0 Å². The number of hydrogen-bond acceptors (Lipinski definition) is 6. The summed E-state index contributed by atoms with van der Waals surface area (Å²) in [6.07, 6.45) is 1.37. The number of anilines is 1. The first kappa shape index (κ1) is 24.7. The number of para-hydroxylation sites is 1. The van der Waals surface area contributed by atoms with Gasteiger partial charge in [0.05, 0.1) is 17.9 Å². The molecule has 0 bridgehead atoms. The molecule has 3 aromatic carbocycles. The molecule has 0 saturated carbocycles. The van der Waals surface area contributed by atoms with Crippen molar-refractivity contribution in [2.75, 3.05) is 11.5 Å². The van der Waals surface area contributed by atoms with Gasteiger partial charge in [0.1, 0.15) is 17.9 Å². The Morgan fingerprint density at radius 2 is 1.75 bits per heavy atom. The Bertz CT molecular complexity index is 1370. The van der Waals surface area contributed by atoms with Crippen LogP contribution >= 0.6 is 11.6 Å². The molecule has 9 heteroatoms. The predicted molar refractivity (Wildman–Crippen MR) is 134 cm³/mol. The molecular formula is C27H21ClN2O6. The zero-order valence-corrected chi connectivity index (χ0v) is 20.0. The highest BCUT2D eigenvalue weighted by Crippen LogP contribution is 2.26. The molecule has 1 aliphatic rings. The Morgan fingerprint density at radius 1 is 1.00 bits per heavy atom. The summed E-state index contributed by atoms with van der Waals surface area (Å²) in [5.74, 6) is -1.72. The number of imide groups is 2. The molecule has 36 heavy (non-hydrogen) atoms. The van der Waals surface area contributed by atoms with Crippen LogP contribution in [0, 0.1) is 0 Å². The van der Waals surface area contributed by atoms with Crippen LogP contribution in [-0.4, -0.2) is 30.4 Å². The van der Waals surface area contributed by atoms with Crippen molar-refractivity contribution in [2.45, 2.75) is 13.5 Å². The fourth-order valence-electron chi connectivity index (χ4n) is 3.53. The summed E-state index contributed by atoms with van der Waals surface area (Å²) in [5.41, 5.74) is 1.53. The molecular weight excluding hydrogens is 484 g/mol. The molecule has 0 spiro atoms. The number of benzene rings is 3. The number of nitrogens with one attached hydrogen (secondary N) is 1. The van der Waals surface area contributed by atoms with Gasteiger partial charge in [-0.05, 0) is 61.0 Å². The lowest BCUT2D eigenvalue weighted by Gasteiger charge is -2.26. The Kier molecular flexibility index (Phi) is 7.46.